The number of carbonyl (C=O) groups excluding carboxylic acids is 1. The van der Waals surface area contributed by atoms with Gasteiger partial charge in [-0.3, -0.25) is 4.79 Å². The number of rotatable bonds is 4. The molecule has 4 rings (SSSR count). The maximum absolute atomic E-state index is 13.5. The van der Waals surface area contributed by atoms with Crippen molar-refractivity contribution in [2.75, 3.05) is 40.3 Å². The van der Waals surface area contributed by atoms with Crippen molar-refractivity contribution < 1.29 is 17.9 Å². The van der Waals surface area contributed by atoms with Gasteiger partial charge in [0.1, 0.15) is 10.6 Å². The molecule has 1 aliphatic rings. The molecule has 2 aromatic carbocycles. The highest BCUT2D eigenvalue weighted by Crippen LogP contribution is 2.32. The maximum Gasteiger partial charge on any atom is 0.269 e. The molecule has 30 heavy (non-hydrogen) atoms. The summed E-state index contributed by atoms with van der Waals surface area (Å²) in [6, 6.07) is 11.8. The van der Waals surface area contributed by atoms with Crippen LogP contribution in [-0.4, -0.2) is 68.4 Å². The summed E-state index contributed by atoms with van der Waals surface area (Å²) in [6.07, 6.45) is 1.44. The Kier molecular flexibility index (Phi) is 5.61. The summed E-state index contributed by atoms with van der Waals surface area (Å²) in [5.74, 6) is 0.395. The van der Waals surface area contributed by atoms with Crippen LogP contribution in [0.1, 0.15) is 10.4 Å². The highest BCUT2D eigenvalue weighted by atomic mass is 79.9. The lowest BCUT2D eigenvalue weighted by molar-refractivity contribution is 0.0666. The van der Waals surface area contributed by atoms with Gasteiger partial charge in [0.25, 0.3) is 15.9 Å². The molecule has 1 fully saturated rings. The molecule has 9 heteroatoms. The average molecular weight is 492 g/mol. The van der Waals surface area contributed by atoms with E-state index in [1.807, 2.05) is 13.1 Å². The molecule has 2 heterocycles. The van der Waals surface area contributed by atoms with Gasteiger partial charge in [-0.05, 0) is 47.2 Å². The summed E-state index contributed by atoms with van der Waals surface area (Å²) < 4.78 is 33.7. The SMILES string of the molecule is COc1ccc(S(=O)(=O)n2cc(C(=O)N3CCN(C)CC3)c3ccccc32)c(Br)c1. The quantitative estimate of drug-likeness (QED) is 0.560. The number of para-hydroxylation sites is 1. The normalized spacial score (nSPS) is 15.5. The molecular formula is C21H22BrN3O4S. The first-order valence-corrected chi connectivity index (χ1v) is 11.7. The largest absolute Gasteiger partial charge is 0.497 e. The third-order valence-corrected chi connectivity index (χ3v) is 8.03. The first-order valence-electron chi connectivity index (χ1n) is 9.50. The molecular weight excluding hydrogens is 470 g/mol. The monoisotopic (exact) mass is 491 g/mol. The minimum absolute atomic E-state index is 0.0997. The first-order chi connectivity index (χ1) is 14.3. The van der Waals surface area contributed by atoms with Crippen LogP contribution in [0.25, 0.3) is 10.9 Å². The molecule has 0 radical (unpaired) electrons. The fourth-order valence-electron chi connectivity index (χ4n) is 3.62. The van der Waals surface area contributed by atoms with Crippen LogP contribution >= 0.6 is 15.9 Å². The van der Waals surface area contributed by atoms with Crippen LogP contribution in [-0.2, 0) is 10.0 Å². The number of halogens is 1. The summed E-state index contributed by atoms with van der Waals surface area (Å²) >= 11 is 3.34. The molecule has 1 aromatic heterocycles. The van der Waals surface area contributed by atoms with Gasteiger partial charge >= 0.3 is 0 Å². The molecule has 0 unspecified atom stereocenters. The highest BCUT2D eigenvalue weighted by molar-refractivity contribution is 9.10. The van der Waals surface area contributed by atoms with Gasteiger partial charge in [0.2, 0.25) is 0 Å². The third kappa shape index (κ3) is 3.61. The van der Waals surface area contributed by atoms with Crippen LogP contribution in [0.5, 0.6) is 5.75 Å². The van der Waals surface area contributed by atoms with Gasteiger partial charge in [0, 0.05) is 42.2 Å². The van der Waals surface area contributed by atoms with Crippen molar-refractivity contribution in [1.82, 2.24) is 13.8 Å². The minimum Gasteiger partial charge on any atom is -0.497 e. The van der Waals surface area contributed by atoms with Gasteiger partial charge in [-0.1, -0.05) is 18.2 Å². The van der Waals surface area contributed by atoms with Gasteiger partial charge in [-0.25, -0.2) is 12.4 Å². The maximum atomic E-state index is 13.5. The van der Waals surface area contributed by atoms with Gasteiger partial charge in [-0.2, -0.15) is 0 Å². The van der Waals surface area contributed by atoms with Gasteiger partial charge in [0.15, 0.2) is 0 Å². The predicted octanol–water partition coefficient (Wildman–Crippen LogP) is 3.04. The predicted molar refractivity (Wildman–Crippen MR) is 119 cm³/mol. The zero-order valence-electron chi connectivity index (χ0n) is 16.7. The summed E-state index contributed by atoms with van der Waals surface area (Å²) in [7, 11) is -0.398. The van der Waals surface area contributed by atoms with Gasteiger partial charge in [-0.15, -0.1) is 0 Å². The molecule has 0 saturated carbocycles. The topological polar surface area (TPSA) is 71.8 Å². The summed E-state index contributed by atoms with van der Waals surface area (Å²) in [4.78, 5) is 17.3. The van der Waals surface area contributed by atoms with Crippen molar-refractivity contribution in [2.24, 2.45) is 0 Å². The van der Waals surface area contributed by atoms with Gasteiger partial charge in [0.05, 0.1) is 18.2 Å². The van der Waals surface area contributed by atoms with E-state index in [-0.39, 0.29) is 10.8 Å². The Morgan fingerprint density at radius 2 is 1.77 bits per heavy atom. The molecule has 1 aliphatic heterocycles. The molecule has 1 saturated heterocycles. The fraction of sp³-hybridized carbons (Fsp3) is 0.286. The first kappa shape index (κ1) is 20.9. The third-order valence-electron chi connectivity index (χ3n) is 5.37. The zero-order chi connectivity index (χ0) is 21.5. The van der Waals surface area contributed by atoms with Crippen LogP contribution in [0.15, 0.2) is 58.0 Å². The van der Waals surface area contributed by atoms with E-state index in [1.165, 1.54) is 23.3 Å². The van der Waals surface area contributed by atoms with E-state index in [1.54, 1.807) is 35.2 Å². The molecule has 0 aliphatic carbocycles. The van der Waals surface area contributed by atoms with Crippen LogP contribution in [0, 0.1) is 0 Å². The Hall–Kier alpha value is -2.36. The van der Waals surface area contributed by atoms with E-state index < -0.39 is 10.0 Å². The number of ether oxygens (including phenoxy) is 1. The Bertz CT molecular complexity index is 1210. The number of carbonyl (C=O) groups is 1. The molecule has 7 nitrogen and oxygen atoms in total. The second-order valence-electron chi connectivity index (χ2n) is 7.25. The number of hydrogen-bond acceptors (Lipinski definition) is 5. The number of nitrogens with zero attached hydrogens (tertiary/aromatic N) is 3. The number of likely N-dealkylation sites (N-methyl/N-ethyl adjacent to an activating group) is 1. The number of amides is 1. The molecule has 0 bridgehead atoms. The van der Waals surface area contributed by atoms with Crippen molar-refractivity contribution in [1.29, 1.82) is 0 Å². The number of hydrogen-bond donors (Lipinski definition) is 0. The molecule has 158 valence electrons. The zero-order valence-corrected chi connectivity index (χ0v) is 19.1. The minimum atomic E-state index is -3.94. The number of fused-ring (bicyclic) bond motifs is 1. The van der Waals surface area contributed by atoms with E-state index in [0.29, 0.717) is 39.8 Å². The average Bonchev–Trinajstić information content (AvgIpc) is 3.14. The van der Waals surface area contributed by atoms with E-state index in [2.05, 4.69) is 20.8 Å². The molecule has 0 atom stereocenters. The number of methoxy groups -OCH3 is 1. The lowest BCUT2D eigenvalue weighted by Gasteiger charge is -2.32. The van der Waals surface area contributed by atoms with E-state index in [9.17, 15) is 13.2 Å². The smallest absolute Gasteiger partial charge is 0.269 e. The summed E-state index contributed by atoms with van der Waals surface area (Å²) in [5, 5.41) is 0.620. The number of piperazine rings is 1. The van der Waals surface area contributed by atoms with Crippen LogP contribution in [0.3, 0.4) is 0 Å². The lowest BCUT2D eigenvalue weighted by atomic mass is 10.1. The van der Waals surface area contributed by atoms with Crippen molar-refractivity contribution in [3.05, 3.63) is 58.7 Å². The number of benzene rings is 2. The fourth-order valence-corrected chi connectivity index (χ4v) is 6.01. The van der Waals surface area contributed by atoms with Crippen LogP contribution in [0.4, 0.5) is 0 Å². The second-order valence-corrected chi connectivity index (χ2v) is 9.89. The Morgan fingerprint density at radius 3 is 2.43 bits per heavy atom. The van der Waals surface area contributed by atoms with Crippen LogP contribution < -0.4 is 4.74 Å². The number of aromatic nitrogens is 1. The van der Waals surface area contributed by atoms with Crippen molar-refractivity contribution in [3.8, 4) is 5.75 Å². The van der Waals surface area contributed by atoms with E-state index in [0.717, 1.165) is 13.1 Å². The summed E-state index contributed by atoms with van der Waals surface area (Å²) in [5.41, 5.74) is 0.862. The molecule has 0 N–H and O–H groups in total. The standard InChI is InChI=1S/C21H22BrN3O4S/c1-23-9-11-24(12-10-23)21(26)17-14-25(19-6-4-3-5-16(17)19)30(27,28)20-8-7-15(29-2)13-18(20)22/h3-8,13-14H,9-12H2,1-2H3. The van der Waals surface area contributed by atoms with E-state index in [4.69, 9.17) is 4.74 Å². The Balaban J connectivity index is 1.82. The van der Waals surface area contributed by atoms with Crippen LogP contribution in [0.2, 0.25) is 0 Å². The second kappa shape index (κ2) is 8.05. The van der Waals surface area contributed by atoms with Crippen molar-refractivity contribution in [2.45, 2.75) is 4.90 Å². The van der Waals surface area contributed by atoms with Gasteiger partial charge < -0.3 is 14.5 Å². The highest BCUT2D eigenvalue weighted by Gasteiger charge is 2.28. The van der Waals surface area contributed by atoms with E-state index >= 15 is 0 Å². The summed E-state index contributed by atoms with van der Waals surface area (Å²) in [6.45, 7) is 2.82. The molecule has 0 spiro atoms. The molecule has 1 amide bonds. The molecule has 3 aromatic rings. The van der Waals surface area contributed by atoms with Crippen molar-refractivity contribution >= 4 is 42.8 Å². The Morgan fingerprint density at radius 1 is 1.07 bits per heavy atom. The Labute approximate surface area is 184 Å². The lowest BCUT2D eigenvalue weighted by Crippen LogP contribution is -2.47. The van der Waals surface area contributed by atoms with Crippen molar-refractivity contribution in [3.63, 3.8) is 0 Å².